The fraction of sp³-hybridized carbons (Fsp3) is 0.650. The molecule has 1 heterocycles. The smallest absolute Gasteiger partial charge is 0.376 e. The van der Waals surface area contributed by atoms with Gasteiger partial charge in [0.05, 0.1) is 17.1 Å². The number of hydrogen-bond acceptors (Lipinski definition) is 2. The standard InChI is InChI=1S/C20H26F3NO2/c1-2-24(14-17-9-6-12-26-17)18(25)19(10-3-4-11-19)15-7-5-8-16(13-15)20(21,22)23/h5,7-8,13,17H,2-4,6,9-12,14H2,1H3. The van der Waals surface area contributed by atoms with Gasteiger partial charge in [0.15, 0.2) is 0 Å². The van der Waals surface area contributed by atoms with Crippen LogP contribution in [-0.4, -0.2) is 36.6 Å². The van der Waals surface area contributed by atoms with E-state index < -0.39 is 17.2 Å². The Morgan fingerprint density at radius 1 is 1.27 bits per heavy atom. The number of likely N-dealkylation sites (N-methyl/N-ethyl adjacent to an activating group) is 1. The van der Waals surface area contributed by atoms with E-state index in [9.17, 15) is 18.0 Å². The molecule has 2 fully saturated rings. The van der Waals surface area contributed by atoms with Crippen molar-refractivity contribution in [1.82, 2.24) is 4.90 Å². The summed E-state index contributed by atoms with van der Waals surface area (Å²) in [7, 11) is 0. The lowest BCUT2D eigenvalue weighted by Gasteiger charge is -2.35. The van der Waals surface area contributed by atoms with Crippen LogP contribution >= 0.6 is 0 Å². The van der Waals surface area contributed by atoms with E-state index in [0.29, 0.717) is 31.5 Å². The van der Waals surface area contributed by atoms with E-state index in [1.165, 1.54) is 12.1 Å². The lowest BCUT2D eigenvalue weighted by molar-refractivity contribution is -0.140. The van der Waals surface area contributed by atoms with Crippen LogP contribution in [0, 0.1) is 0 Å². The minimum atomic E-state index is -4.40. The van der Waals surface area contributed by atoms with Crippen molar-refractivity contribution in [1.29, 1.82) is 0 Å². The van der Waals surface area contributed by atoms with Crippen LogP contribution in [-0.2, 0) is 21.1 Å². The molecule has 6 heteroatoms. The average molecular weight is 369 g/mol. The van der Waals surface area contributed by atoms with E-state index in [1.807, 2.05) is 6.92 Å². The third-order valence-corrected chi connectivity index (χ3v) is 5.73. The van der Waals surface area contributed by atoms with Gasteiger partial charge in [0.2, 0.25) is 5.91 Å². The van der Waals surface area contributed by atoms with Gasteiger partial charge in [-0.1, -0.05) is 31.0 Å². The number of carbonyl (C=O) groups excluding carboxylic acids is 1. The van der Waals surface area contributed by atoms with Crippen molar-refractivity contribution < 1.29 is 22.7 Å². The molecular formula is C20H26F3NO2. The average Bonchev–Trinajstić information content (AvgIpc) is 3.31. The highest BCUT2D eigenvalue weighted by Crippen LogP contribution is 2.44. The number of nitrogens with zero attached hydrogens (tertiary/aromatic N) is 1. The number of alkyl halides is 3. The van der Waals surface area contributed by atoms with Crippen LogP contribution in [0.25, 0.3) is 0 Å². The Hall–Kier alpha value is -1.56. The summed E-state index contributed by atoms with van der Waals surface area (Å²) in [6, 6.07) is 5.34. The van der Waals surface area contributed by atoms with Crippen molar-refractivity contribution in [2.24, 2.45) is 0 Å². The Morgan fingerprint density at radius 2 is 2.00 bits per heavy atom. The maximum absolute atomic E-state index is 13.4. The first-order chi connectivity index (χ1) is 12.4. The van der Waals surface area contributed by atoms with Crippen LogP contribution in [0.3, 0.4) is 0 Å². The molecule has 1 amide bonds. The van der Waals surface area contributed by atoms with Crippen LogP contribution in [0.1, 0.15) is 56.6 Å². The van der Waals surface area contributed by atoms with Gasteiger partial charge < -0.3 is 9.64 Å². The highest BCUT2D eigenvalue weighted by atomic mass is 19.4. The van der Waals surface area contributed by atoms with E-state index in [1.54, 1.807) is 11.0 Å². The molecule has 1 aliphatic heterocycles. The number of rotatable bonds is 5. The molecule has 3 rings (SSSR count). The molecule has 1 atom stereocenters. The van der Waals surface area contributed by atoms with Crippen molar-refractivity contribution in [2.45, 2.75) is 63.1 Å². The second kappa shape index (κ2) is 7.59. The van der Waals surface area contributed by atoms with Gasteiger partial charge in [0.1, 0.15) is 0 Å². The molecule has 0 spiro atoms. The van der Waals surface area contributed by atoms with Gasteiger partial charge in [-0.3, -0.25) is 4.79 Å². The molecule has 1 saturated carbocycles. The van der Waals surface area contributed by atoms with Crippen LogP contribution in [0.2, 0.25) is 0 Å². The number of ether oxygens (including phenoxy) is 1. The van der Waals surface area contributed by atoms with Gasteiger partial charge >= 0.3 is 6.18 Å². The molecule has 1 unspecified atom stereocenters. The van der Waals surface area contributed by atoms with Crippen LogP contribution in [0.4, 0.5) is 13.2 Å². The second-order valence-corrected chi connectivity index (χ2v) is 7.35. The first-order valence-corrected chi connectivity index (χ1v) is 9.45. The normalized spacial score (nSPS) is 22.5. The monoisotopic (exact) mass is 369 g/mol. The number of benzene rings is 1. The van der Waals surface area contributed by atoms with E-state index in [-0.39, 0.29) is 12.0 Å². The minimum Gasteiger partial charge on any atom is -0.376 e. The lowest BCUT2D eigenvalue weighted by atomic mass is 9.77. The fourth-order valence-electron chi connectivity index (χ4n) is 4.29. The van der Waals surface area contributed by atoms with E-state index >= 15 is 0 Å². The molecule has 0 aromatic heterocycles. The summed E-state index contributed by atoms with van der Waals surface area (Å²) in [6.45, 7) is 3.70. The Kier molecular flexibility index (Phi) is 5.61. The highest BCUT2D eigenvalue weighted by Gasteiger charge is 2.46. The molecule has 0 radical (unpaired) electrons. The molecule has 26 heavy (non-hydrogen) atoms. The molecule has 3 nitrogen and oxygen atoms in total. The first-order valence-electron chi connectivity index (χ1n) is 9.45. The molecule has 1 aromatic rings. The Balaban J connectivity index is 1.90. The summed E-state index contributed by atoms with van der Waals surface area (Å²) in [5, 5.41) is 0. The van der Waals surface area contributed by atoms with Crippen molar-refractivity contribution >= 4 is 5.91 Å². The summed E-state index contributed by atoms with van der Waals surface area (Å²) in [5.74, 6) is -0.0488. The number of carbonyl (C=O) groups is 1. The zero-order valence-electron chi connectivity index (χ0n) is 15.1. The number of halogens is 3. The van der Waals surface area contributed by atoms with Gasteiger partial charge in [0.25, 0.3) is 0 Å². The predicted molar refractivity (Wildman–Crippen MR) is 92.8 cm³/mol. The van der Waals surface area contributed by atoms with Crippen LogP contribution < -0.4 is 0 Å². The zero-order chi connectivity index (χ0) is 18.8. The molecule has 0 bridgehead atoms. The first kappa shape index (κ1) is 19.2. The largest absolute Gasteiger partial charge is 0.416 e. The van der Waals surface area contributed by atoms with Crippen molar-refractivity contribution in [2.75, 3.05) is 19.7 Å². The van der Waals surface area contributed by atoms with Gasteiger partial charge in [0, 0.05) is 19.7 Å². The second-order valence-electron chi connectivity index (χ2n) is 7.35. The molecule has 144 valence electrons. The summed E-state index contributed by atoms with van der Waals surface area (Å²) in [5.41, 5.74) is -1.02. The summed E-state index contributed by atoms with van der Waals surface area (Å²) in [4.78, 5) is 15.2. The molecule has 0 N–H and O–H groups in total. The van der Waals surface area contributed by atoms with Crippen molar-refractivity contribution in [3.8, 4) is 0 Å². The number of amides is 1. The predicted octanol–water partition coefficient (Wildman–Crippen LogP) is 4.54. The Morgan fingerprint density at radius 3 is 2.58 bits per heavy atom. The summed E-state index contributed by atoms with van der Waals surface area (Å²) >= 11 is 0. The summed E-state index contributed by atoms with van der Waals surface area (Å²) < 4.78 is 45.2. The third kappa shape index (κ3) is 3.75. The lowest BCUT2D eigenvalue weighted by Crippen LogP contribution is -2.48. The third-order valence-electron chi connectivity index (χ3n) is 5.73. The van der Waals surface area contributed by atoms with Gasteiger partial charge in [-0.05, 0) is 44.2 Å². The highest BCUT2D eigenvalue weighted by molar-refractivity contribution is 5.88. The molecular weight excluding hydrogens is 343 g/mol. The topological polar surface area (TPSA) is 29.5 Å². The van der Waals surface area contributed by atoms with Gasteiger partial charge in [-0.15, -0.1) is 0 Å². The van der Waals surface area contributed by atoms with E-state index in [4.69, 9.17) is 4.74 Å². The maximum Gasteiger partial charge on any atom is 0.416 e. The van der Waals surface area contributed by atoms with E-state index in [2.05, 4.69) is 0 Å². The molecule has 2 aliphatic rings. The van der Waals surface area contributed by atoms with Gasteiger partial charge in [-0.25, -0.2) is 0 Å². The SMILES string of the molecule is CCN(CC1CCCO1)C(=O)C1(c2cccc(C(F)(F)F)c2)CCCC1. The van der Waals surface area contributed by atoms with Crippen LogP contribution in [0.5, 0.6) is 0 Å². The number of hydrogen-bond donors (Lipinski definition) is 0. The van der Waals surface area contributed by atoms with Crippen molar-refractivity contribution in [3.63, 3.8) is 0 Å². The minimum absolute atomic E-state index is 0.0406. The molecule has 1 aromatic carbocycles. The van der Waals surface area contributed by atoms with E-state index in [0.717, 1.165) is 38.4 Å². The van der Waals surface area contributed by atoms with Crippen molar-refractivity contribution in [3.05, 3.63) is 35.4 Å². The Labute approximate surface area is 152 Å². The molecule has 1 saturated heterocycles. The zero-order valence-corrected chi connectivity index (χ0v) is 15.1. The Bertz CT molecular complexity index is 632. The van der Waals surface area contributed by atoms with Gasteiger partial charge in [-0.2, -0.15) is 13.2 Å². The fourth-order valence-corrected chi connectivity index (χ4v) is 4.29. The van der Waals surface area contributed by atoms with Crippen LogP contribution in [0.15, 0.2) is 24.3 Å². The maximum atomic E-state index is 13.4. The molecule has 1 aliphatic carbocycles. The quantitative estimate of drug-likeness (QED) is 0.762. The summed E-state index contributed by atoms with van der Waals surface area (Å²) in [6.07, 6.45) is 0.499.